The zero-order valence-corrected chi connectivity index (χ0v) is 15.3. The van der Waals surface area contributed by atoms with Gasteiger partial charge in [0.1, 0.15) is 6.04 Å². The quantitative estimate of drug-likeness (QED) is 0.586. The van der Waals surface area contributed by atoms with Gasteiger partial charge in [0.05, 0.1) is 11.8 Å². The molecule has 0 fully saturated rings. The van der Waals surface area contributed by atoms with Gasteiger partial charge in [0, 0.05) is 17.5 Å². The molecular weight excluding hydrogens is 328 g/mol. The third-order valence-corrected chi connectivity index (χ3v) is 5.12. The van der Waals surface area contributed by atoms with E-state index in [1.54, 1.807) is 0 Å². The normalized spacial score (nSPS) is 13.4. The molecule has 1 aliphatic carbocycles. The first-order valence-corrected chi connectivity index (χ1v) is 9.52. The van der Waals surface area contributed by atoms with Crippen molar-refractivity contribution >= 4 is 5.71 Å². The summed E-state index contributed by atoms with van der Waals surface area (Å²) in [5.41, 5.74) is 7.07. The minimum Gasteiger partial charge on any atom is -0.265 e. The Kier molecular flexibility index (Phi) is 5.12. The van der Waals surface area contributed by atoms with Gasteiger partial charge in [-0.25, -0.2) is 0 Å². The van der Waals surface area contributed by atoms with E-state index in [4.69, 9.17) is 4.99 Å². The first-order valence-electron chi connectivity index (χ1n) is 9.52. The van der Waals surface area contributed by atoms with Gasteiger partial charge in [-0.1, -0.05) is 78.9 Å². The van der Waals surface area contributed by atoms with E-state index >= 15 is 0 Å². The summed E-state index contributed by atoms with van der Waals surface area (Å²) >= 11 is 0. The molecule has 0 aliphatic heterocycles. The van der Waals surface area contributed by atoms with E-state index in [1.807, 2.05) is 36.4 Å². The minimum atomic E-state index is -0.403. The van der Waals surface area contributed by atoms with E-state index in [2.05, 4.69) is 48.5 Å². The maximum atomic E-state index is 9.77. The standard InChI is InChI=1S/C25H22N2/c26-18-24(17-19-14-15-20-12-7-13-23(20)16-19)27-25(21-8-3-1-4-9-21)22-10-5-2-6-11-22/h1-6,8-11,14-16,24H,7,12-13,17H2. The molecule has 2 heteroatoms. The molecule has 0 amide bonds. The van der Waals surface area contributed by atoms with Crippen molar-refractivity contribution in [3.05, 3.63) is 107 Å². The van der Waals surface area contributed by atoms with Crippen LogP contribution >= 0.6 is 0 Å². The highest BCUT2D eigenvalue weighted by molar-refractivity contribution is 6.13. The number of benzene rings is 3. The number of nitriles is 1. The van der Waals surface area contributed by atoms with Gasteiger partial charge in [-0.3, -0.25) is 4.99 Å². The monoisotopic (exact) mass is 350 g/mol. The summed E-state index contributed by atoms with van der Waals surface area (Å²) in [5, 5.41) is 9.77. The van der Waals surface area contributed by atoms with Crippen molar-refractivity contribution < 1.29 is 0 Å². The van der Waals surface area contributed by atoms with Crippen LogP contribution in [0, 0.1) is 11.3 Å². The molecule has 4 rings (SSSR count). The molecule has 2 nitrogen and oxygen atoms in total. The lowest BCUT2D eigenvalue weighted by Crippen LogP contribution is -2.12. The number of rotatable bonds is 5. The SMILES string of the molecule is N#CC(Cc1ccc2c(c1)CCC2)N=C(c1ccccc1)c1ccccc1. The molecule has 27 heavy (non-hydrogen) atoms. The van der Waals surface area contributed by atoms with Gasteiger partial charge >= 0.3 is 0 Å². The number of nitrogens with zero attached hydrogens (tertiary/aromatic N) is 2. The minimum absolute atomic E-state index is 0.403. The molecule has 1 atom stereocenters. The molecule has 0 spiro atoms. The Bertz CT molecular complexity index is 940. The van der Waals surface area contributed by atoms with E-state index in [1.165, 1.54) is 29.5 Å². The summed E-state index contributed by atoms with van der Waals surface area (Å²) in [5.74, 6) is 0. The lowest BCUT2D eigenvalue weighted by atomic mass is 9.99. The van der Waals surface area contributed by atoms with E-state index < -0.39 is 6.04 Å². The van der Waals surface area contributed by atoms with Crippen LogP contribution < -0.4 is 0 Å². The molecule has 0 saturated heterocycles. The van der Waals surface area contributed by atoms with Crippen LogP contribution in [0.2, 0.25) is 0 Å². The summed E-state index contributed by atoms with van der Waals surface area (Å²) in [6, 6.07) is 28.9. The van der Waals surface area contributed by atoms with Crippen LogP contribution in [-0.2, 0) is 19.3 Å². The Balaban J connectivity index is 1.67. The second-order valence-corrected chi connectivity index (χ2v) is 7.02. The van der Waals surface area contributed by atoms with Gasteiger partial charge in [-0.05, 0) is 36.0 Å². The average molecular weight is 350 g/mol. The maximum Gasteiger partial charge on any atom is 0.141 e. The number of hydrogen-bond acceptors (Lipinski definition) is 2. The molecule has 1 aliphatic rings. The summed E-state index contributed by atoms with van der Waals surface area (Å²) in [4.78, 5) is 4.88. The fraction of sp³-hybridized carbons (Fsp3) is 0.200. The van der Waals surface area contributed by atoms with Gasteiger partial charge in [0.25, 0.3) is 0 Å². The Morgan fingerprint density at radius 1 is 0.852 bits per heavy atom. The molecule has 3 aromatic carbocycles. The first kappa shape index (κ1) is 17.2. The predicted octanol–water partition coefficient (Wildman–Crippen LogP) is 5.15. The van der Waals surface area contributed by atoms with Crippen molar-refractivity contribution in [1.82, 2.24) is 0 Å². The van der Waals surface area contributed by atoms with Gasteiger partial charge in [-0.15, -0.1) is 0 Å². The summed E-state index contributed by atoms with van der Waals surface area (Å²) < 4.78 is 0. The number of fused-ring (bicyclic) bond motifs is 1. The molecule has 0 aromatic heterocycles. The van der Waals surface area contributed by atoms with Crippen LogP contribution in [0.25, 0.3) is 0 Å². The Morgan fingerprint density at radius 3 is 2.11 bits per heavy atom. The molecule has 3 aromatic rings. The lowest BCUT2D eigenvalue weighted by Gasteiger charge is -2.12. The number of hydrogen-bond donors (Lipinski definition) is 0. The highest BCUT2D eigenvalue weighted by Gasteiger charge is 2.15. The van der Waals surface area contributed by atoms with E-state index in [0.717, 1.165) is 23.3 Å². The highest BCUT2D eigenvalue weighted by atomic mass is 14.8. The van der Waals surface area contributed by atoms with Crippen LogP contribution in [0.4, 0.5) is 0 Å². The van der Waals surface area contributed by atoms with E-state index in [-0.39, 0.29) is 0 Å². The molecule has 132 valence electrons. The Morgan fingerprint density at radius 2 is 1.48 bits per heavy atom. The summed E-state index contributed by atoms with van der Waals surface area (Å²) in [6.45, 7) is 0. The van der Waals surface area contributed by atoms with E-state index in [0.29, 0.717) is 6.42 Å². The topological polar surface area (TPSA) is 36.1 Å². The van der Waals surface area contributed by atoms with Gasteiger partial charge in [-0.2, -0.15) is 5.26 Å². The summed E-state index contributed by atoms with van der Waals surface area (Å²) in [7, 11) is 0. The second-order valence-electron chi connectivity index (χ2n) is 7.02. The van der Waals surface area contributed by atoms with Crippen LogP contribution in [0.15, 0.2) is 83.9 Å². The van der Waals surface area contributed by atoms with Crippen molar-refractivity contribution in [2.45, 2.75) is 31.7 Å². The smallest absolute Gasteiger partial charge is 0.141 e. The van der Waals surface area contributed by atoms with Crippen molar-refractivity contribution in [3.63, 3.8) is 0 Å². The fourth-order valence-corrected chi connectivity index (χ4v) is 3.76. The molecule has 0 heterocycles. The first-order chi connectivity index (χ1) is 13.3. The largest absolute Gasteiger partial charge is 0.265 e. The Labute approximate surface area is 160 Å². The van der Waals surface area contributed by atoms with Gasteiger partial charge in [0.15, 0.2) is 0 Å². The second kappa shape index (κ2) is 8.01. The third-order valence-electron chi connectivity index (χ3n) is 5.12. The maximum absolute atomic E-state index is 9.77. The zero-order chi connectivity index (χ0) is 18.5. The average Bonchev–Trinajstić information content (AvgIpc) is 3.20. The molecule has 0 bridgehead atoms. The van der Waals surface area contributed by atoms with Crippen molar-refractivity contribution in [2.24, 2.45) is 4.99 Å². The molecule has 1 unspecified atom stereocenters. The van der Waals surface area contributed by atoms with Gasteiger partial charge in [0.2, 0.25) is 0 Å². The molecular formula is C25H22N2. The molecule has 0 saturated carbocycles. The van der Waals surface area contributed by atoms with Crippen molar-refractivity contribution in [2.75, 3.05) is 0 Å². The molecule has 0 N–H and O–H groups in total. The van der Waals surface area contributed by atoms with Crippen molar-refractivity contribution in [3.8, 4) is 6.07 Å². The number of aliphatic imine (C=N–C) groups is 1. The van der Waals surface area contributed by atoms with Crippen LogP contribution in [0.3, 0.4) is 0 Å². The molecule has 0 radical (unpaired) electrons. The van der Waals surface area contributed by atoms with Crippen molar-refractivity contribution in [1.29, 1.82) is 5.26 Å². The van der Waals surface area contributed by atoms with Crippen LogP contribution in [0.5, 0.6) is 0 Å². The third kappa shape index (κ3) is 3.99. The number of aryl methyl sites for hydroxylation is 2. The predicted molar refractivity (Wildman–Crippen MR) is 110 cm³/mol. The zero-order valence-electron chi connectivity index (χ0n) is 15.3. The van der Waals surface area contributed by atoms with E-state index in [9.17, 15) is 5.26 Å². The highest BCUT2D eigenvalue weighted by Crippen LogP contribution is 2.24. The Hall–Kier alpha value is -3.18. The lowest BCUT2D eigenvalue weighted by molar-refractivity contribution is 0.823. The van der Waals surface area contributed by atoms with Crippen LogP contribution in [-0.4, -0.2) is 11.8 Å². The fourth-order valence-electron chi connectivity index (χ4n) is 3.76. The summed E-state index contributed by atoms with van der Waals surface area (Å²) in [6.07, 6.45) is 4.22. The van der Waals surface area contributed by atoms with Gasteiger partial charge < -0.3 is 0 Å². The van der Waals surface area contributed by atoms with Crippen LogP contribution in [0.1, 0.15) is 34.2 Å².